The fourth-order valence-corrected chi connectivity index (χ4v) is 4.95. The minimum absolute atomic E-state index is 0.0294. The molecule has 4 rings (SSSR count). The van der Waals surface area contributed by atoms with Gasteiger partial charge in [-0.2, -0.15) is 0 Å². The van der Waals surface area contributed by atoms with Crippen molar-refractivity contribution in [3.63, 3.8) is 0 Å². The number of ether oxygens (including phenoxy) is 1. The van der Waals surface area contributed by atoms with Gasteiger partial charge in [0.1, 0.15) is 24.4 Å². The Kier molecular flexibility index (Phi) is 10.5. The molecule has 0 saturated carbocycles. The molecule has 0 unspecified atom stereocenters. The van der Waals surface area contributed by atoms with E-state index in [0.29, 0.717) is 18.7 Å². The average Bonchev–Trinajstić information content (AvgIpc) is 3.38. The van der Waals surface area contributed by atoms with Crippen molar-refractivity contribution >= 4 is 29.5 Å². The Bertz CT molecular complexity index is 1290. The lowest BCUT2D eigenvalue weighted by Gasteiger charge is -2.22. The minimum Gasteiger partial charge on any atom is -0.491 e. The van der Waals surface area contributed by atoms with E-state index in [1.54, 1.807) is 24.3 Å². The highest BCUT2D eigenvalue weighted by atomic mass is 16.5. The summed E-state index contributed by atoms with van der Waals surface area (Å²) in [7, 11) is 0. The zero-order valence-electron chi connectivity index (χ0n) is 24.1. The maximum absolute atomic E-state index is 13.3. The predicted octanol–water partition coefficient (Wildman–Crippen LogP) is 1.65. The van der Waals surface area contributed by atoms with Gasteiger partial charge in [-0.15, -0.1) is 0 Å². The number of para-hydroxylation sites is 1. The summed E-state index contributed by atoms with van der Waals surface area (Å²) in [4.78, 5) is 65.8. The molecule has 11 heteroatoms. The third kappa shape index (κ3) is 8.31. The Morgan fingerprint density at radius 3 is 2.45 bits per heavy atom. The monoisotopic (exact) mass is 577 g/mol. The van der Waals surface area contributed by atoms with Crippen molar-refractivity contribution in [3.8, 4) is 5.75 Å². The van der Waals surface area contributed by atoms with Crippen molar-refractivity contribution in [2.24, 2.45) is 5.92 Å². The first-order valence-corrected chi connectivity index (χ1v) is 14.4. The first kappa shape index (κ1) is 30.5. The second-order valence-electron chi connectivity index (χ2n) is 10.9. The van der Waals surface area contributed by atoms with Crippen LogP contribution in [0.5, 0.6) is 5.75 Å². The largest absolute Gasteiger partial charge is 0.491 e. The Hall–Kier alpha value is -4.41. The van der Waals surface area contributed by atoms with Crippen LogP contribution in [-0.4, -0.2) is 66.2 Å². The summed E-state index contributed by atoms with van der Waals surface area (Å²) in [6, 6.07) is 12.6. The van der Waals surface area contributed by atoms with Crippen molar-refractivity contribution < 1.29 is 28.7 Å². The Morgan fingerprint density at radius 2 is 1.74 bits per heavy atom. The van der Waals surface area contributed by atoms with E-state index in [2.05, 4.69) is 21.3 Å². The number of nitrogens with one attached hydrogen (secondary N) is 4. The summed E-state index contributed by atoms with van der Waals surface area (Å²) in [6.07, 6.45) is 1.43. The maximum atomic E-state index is 13.3. The average molecular weight is 578 g/mol. The molecule has 4 N–H and O–H groups in total. The van der Waals surface area contributed by atoms with Gasteiger partial charge in [-0.05, 0) is 42.0 Å². The van der Waals surface area contributed by atoms with E-state index in [-0.39, 0.29) is 55.8 Å². The normalized spacial score (nSPS) is 20.4. The molecule has 0 bridgehead atoms. The van der Waals surface area contributed by atoms with Crippen LogP contribution in [0.2, 0.25) is 0 Å². The van der Waals surface area contributed by atoms with Gasteiger partial charge in [0, 0.05) is 32.5 Å². The summed E-state index contributed by atoms with van der Waals surface area (Å²) >= 11 is 0. The first-order valence-electron chi connectivity index (χ1n) is 14.4. The van der Waals surface area contributed by atoms with Crippen LogP contribution in [0.4, 0.5) is 0 Å². The highest BCUT2D eigenvalue weighted by Gasteiger charge is 2.27. The molecule has 5 amide bonds. The molecule has 2 aliphatic rings. The molecule has 1 fully saturated rings. The molecule has 0 aromatic heterocycles. The van der Waals surface area contributed by atoms with E-state index in [0.717, 1.165) is 24.1 Å². The van der Waals surface area contributed by atoms with E-state index in [9.17, 15) is 24.0 Å². The lowest BCUT2D eigenvalue weighted by molar-refractivity contribution is -0.130. The van der Waals surface area contributed by atoms with Crippen molar-refractivity contribution in [3.05, 3.63) is 65.2 Å². The number of amides is 5. The number of carbonyl (C=O) groups is 5. The highest BCUT2D eigenvalue weighted by molar-refractivity contribution is 5.99. The maximum Gasteiger partial charge on any atom is 0.255 e. The third-order valence-electron chi connectivity index (χ3n) is 7.37. The van der Waals surface area contributed by atoms with Gasteiger partial charge in [-0.25, -0.2) is 0 Å². The molecule has 2 aromatic rings. The Morgan fingerprint density at radius 1 is 1.00 bits per heavy atom. The molecule has 2 heterocycles. The Balaban J connectivity index is 1.45. The molecule has 0 spiro atoms. The third-order valence-corrected chi connectivity index (χ3v) is 7.37. The van der Waals surface area contributed by atoms with Crippen molar-refractivity contribution in [2.45, 2.75) is 64.7 Å². The molecular weight excluding hydrogens is 538 g/mol. The van der Waals surface area contributed by atoms with E-state index < -0.39 is 29.8 Å². The van der Waals surface area contributed by atoms with Gasteiger partial charge < -0.3 is 30.9 Å². The van der Waals surface area contributed by atoms with Gasteiger partial charge >= 0.3 is 0 Å². The number of carbonyl (C=O) groups excluding carboxylic acids is 5. The van der Waals surface area contributed by atoms with Crippen LogP contribution >= 0.6 is 0 Å². The number of fused-ring (bicyclic) bond motifs is 1. The van der Waals surface area contributed by atoms with Gasteiger partial charge in [-0.3, -0.25) is 24.0 Å². The van der Waals surface area contributed by atoms with Crippen LogP contribution < -0.4 is 26.0 Å². The first-order chi connectivity index (χ1) is 20.2. The zero-order chi connectivity index (χ0) is 30.1. The van der Waals surface area contributed by atoms with E-state index >= 15 is 0 Å². The summed E-state index contributed by atoms with van der Waals surface area (Å²) in [5.41, 5.74) is 2.10. The smallest absolute Gasteiger partial charge is 0.255 e. The molecular formula is C31H39N5O6. The van der Waals surface area contributed by atoms with Crippen LogP contribution in [0, 0.1) is 5.92 Å². The zero-order valence-corrected chi connectivity index (χ0v) is 24.1. The highest BCUT2D eigenvalue weighted by Crippen LogP contribution is 2.19. The molecule has 2 atom stereocenters. The van der Waals surface area contributed by atoms with Crippen LogP contribution in [0.1, 0.15) is 61.0 Å². The standard InChI is InChI=1S/C31H39N5O6/c1-20(2)28-31(41)32-15-17-42-25-7-4-3-6-23(25)29(39)34-24(13-14-26(37)35-28)30(40)33-18-21-9-11-22(12-10-21)19-36-16-5-8-27(36)38/h3-4,6-7,9-12,20,24,28H,5,8,13-19H2,1-2H3,(H,32,41)(H,33,40)(H,34,39)(H,35,37)/t24-,28+/m0/s1. The molecule has 1 saturated heterocycles. The number of hydrogen-bond acceptors (Lipinski definition) is 6. The molecule has 0 aliphatic carbocycles. The molecule has 224 valence electrons. The SMILES string of the molecule is CC(C)[C@H]1NC(=O)CC[C@@H](C(=O)NCc2ccc(CN3CCCC3=O)cc2)NC(=O)c2ccccc2OCCNC1=O. The summed E-state index contributed by atoms with van der Waals surface area (Å²) in [5, 5.41) is 11.1. The molecule has 0 radical (unpaired) electrons. The lowest BCUT2D eigenvalue weighted by Crippen LogP contribution is -2.51. The second-order valence-corrected chi connectivity index (χ2v) is 10.9. The fourth-order valence-electron chi connectivity index (χ4n) is 4.95. The quantitative estimate of drug-likeness (QED) is 0.411. The summed E-state index contributed by atoms with van der Waals surface area (Å²) < 4.78 is 5.77. The van der Waals surface area contributed by atoms with Crippen molar-refractivity contribution in [1.82, 2.24) is 26.2 Å². The van der Waals surface area contributed by atoms with Crippen LogP contribution in [0.25, 0.3) is 0 Å². The topological polar surface area (TPSA) is 146 Å². The van der Waals surface area contributed by atoms with Crippen LogP contribution in [0.3, 0.4) is 0 Å². The van der Waals surface area contributed by atoms with Crippen molar-refractivity contribution in [2.75, 3.05) is 19.7 Å². The summed E-state index contributed by atoms with van der Waals surface area (Å²) in [6.45, 7) is 5.52. The minimum atomic E-state index is -1.01. The van der Waals surface area contributed by atoms with Crippen molar-refractivity contribution in [1.29, 1.82) is 0 Å². The fraction of sp³-hybridized carbons (Fsp3) is 0.452. The number of likely N-dealkylation sites (tertiary alicyclic amines) is 1. The van der Waals surface area contributed by atoms with Gasteiger partial charge in [0.25, 0.3) is 5.91 Å². The number of benzene rings is 2. The van der Waals surface area contributed by atoms with Gasteiger partial charge in [0.15, 0.2) is 0 Å². The lowest BCUT2D eigenvalue weighted by atomic mass is 10.0. The molecule has 2 aliphatic heterocycles. The van der Waals surface area contributed by atoms with Crippen LogP contribution in [0.15, 0.2) is 48.5 Å². The Labute approximate surface area is 245 Å². The number of nitrogens with zero attached hydrogens (tertiary/aromatic N) is 1. The van der Waals surface area contributed by atoms with Crippen LogP contribution in [-0.2, 0) is 32.3 Å². The number of hydrogen-bond donors (Lipinski definition) is 4. The predicted molar refractivity (Wildman–Crippen MR) is 155 cm³/mol. The van der Waals surface area contributed by atoms with Gasteiger partial charge in [0.05, 0.1) is 12.1 Å². The van der Waals surface area contributed by atoms with E-state index in [1.165, 1.54) is 0 Å². The molecule has 2 aromatic carbocycles. The second kappa shape index (κ2) is 14.5. The number of rotatable bonds is 6. The molecule has 42 heavy (non-hydrogen) atoms. The van der Waals surface area contributed by atoms with E-state index in [1.807, 2.05) is 43.0 Å². The molecule has 11 nitrogen and oxygen atoms in total. The van der Waals surface area contributed by atoms with E-state index in [4.69, 9.17) is 4.74 Å². The van der Waals surface area contributed by atoms with Gasteiger partial charge in [-0.1, -0.05) is 50.2 Å². The summed E-state index contributed by atoms with van der Waals surface area (Å²) in [5.74, 6) is -1.34. The van der Waals surface area contributed by atoms with Gasteiger partial charge in [0.2, 0.25) is 23.6 Å².